The number of aromatic nitrogens is 2. The van der Waals surface area contributed by atoms with Gasteiger partial charge in [0.05, 0.1) is 18.8 Å². The van der Waals surface area contributed by atoms with Crippen LogP contribution in [-0.4, -0.2) is 70.6 Å². The molecule has 3 heterocycles. The van der Waals surface area contributed by atoms with E-state index in [1.807, 2.05) is 24.9 Å². The van der Waals surface area contributed by atoms with Crippen LogP contribution in [0.4, 0.5) is 0 Å². The fraction of sp³-hybridized carbons (Fsp3) is 0.750. The normalized spacial score (nSPS) is 24.5. The number of imidazole rings is 1. The lowest BCUT2D eigenvalue weighted by atomic mass is 9.93. The highest BCUT2D eigenvalue weighted by molar-refractivity contribution is 5.85. The van der Waals surface area contributed by atoms with E-state index in [0.717, 1.165) is 44.8 Å². The molecule has 6 nitrogen and oxygen atoms in total. The second-order valence-electron chi connectivity index (χ2n) is 6.72. The average molecular weight is 306 g/mol. The molecule has 1 N–H and O–H groups in total. The Balaban J connectivity index is 1.68. The van der Waals surface area contributed by atoms with Gasteiger partial charge in [-0.15, -0.1) is 0 Å². The lowest BCUT2D eigenvalue weighted by Gasteiger charge is -2.44. The summed E-state index contributed by atoms with van der Waals surface area (Å²) in [5.41, 5.74) is -0.463. The molecule has 22 heavy (non-hydrogen) atoms. The zero-order chi connectivity index (χ0) is 15.6. The molecule has 0 saturated carbocycles. The third-order valence-corrected chi connectivity index (χ3v) is 4.94. The van der Waals surface area contributed by atoms with Gasteiger partial charge in [0.2, 0.25) is 5.91 Å². The van der Waals surface area contributed by atoms with Crippen molar-refractivity contribution in [3.05, 3.63) is 18.2 Å². The number of hydrogen-bond donors (Lipinski definition) is 1. The van der Waals surface area contributed by atoms with E-state index < -0.39 is 5.54 Å². The number of H-pyrrole nitrogens is 1. The summed E-state index contributed by atoms with van der Waals surface area (Å²) in [4.78, 5) is 24.9. The second kappa shape index (κ2) is 6.38. The third kappa shape index (κ3) is 3.03. The minimum Gasteiger partial charge on any atom is -0.379 e. The third-order valence-electron chi connectivity index (χ3n) is 4.94. The van der Waals surface area contributed by atoms with Crippen LogP contribution < -0.4 is 0 Å². The highest BCUT2D eigenvalue weighted by Gasteiger charge is 2.40. The van der Waals surface area contributed by atoms with Crippen LogP contribution in [-0.2, 0) is 9.53 Å². The summed E-state index contributed by atoms with van der Waals surface area (Å²) in [6, 6.07) is 0. The molecule has 0 aromatic carbocycles. The van der Waals surface area contributed by atoms with E-state index in [2.05, 4.69) is 14.9 Å². The fourth-order valence-electron chi connectivity index (χ4n) is 3.53. The van der Waals surface area contributed by atoms with Crippen molar-refractivity contribution in [3.8, 4) is 0 Å². The van der Waals surface area contributed by atoms with Crippen molar-refractivity contribution < 1.29 is 9.53 Å². The molecule has 6 heteroatoms. The largest absolute Gasteiger partial charge is 0.379 e. The van der Waals surface area contributed by atoms with Gasteiger partial charge in [-0.1, -0.05) is 0 Å². The molecule has 2 fully saturated rings. The Morgan fingerprint density at radius 1 is 1.36 bits per heavy atom. The number of amides is 1. The molecule has 0 bridgehead atoms. The van der Waals surface area contributed by atoms with Crippen LogP contribution in [0.15, 0.2) is 12.4 Å². The Bertz CT molecular complexity index is 494. The van der Waals surface area contributed by atoms with Crippen molar-refractivity contribution in [1.82, 2.24) is 19.8 Å². The van der Waals surface area contributed by atoms with Gasteiger partial charge in [-0.25, -0.2) is 4.98 Å². The van der Waals surface area contributed by atoms with Crippen molar-refractivity contribution in [2.45, 2.75) is 38.1 Å². The number of nitrogens with one attached hydrogen (secondary N) is 1. The average Bonchev–Trinajstić information content (AvgIpc) is 3.09. The number of aromatic amines is 1. The van der Waals surface area contributed by atoms with Gasteiger partial charge in [0.1, 0.15) is 5.82 Å². The number of likely N-dealkylation sites (tertiary alicyclic amines) is 1. The minimum atomic E-state index is -0.463. The molecular formula is C16H26N4O2. The molecule has 122 valence electrons. The molecule has 0 aliphatic carbocycles. The van der Waals surface area contributed by atoms with Gasteiger partial charge in [0.25, 0.3) is 0 Å². The van der Waals surface area contributed by atoms with Gasteiger partial charge in [-0.2, -0.15) is 0 Å². The van der Waals surface area contributed by atoms with Crippen molar-refractivity contribution in [2.75, 3.05) is 39.4 Å². The van der Waals surface area contributed by atoms with Crippen LogP contribution in [0, 0.1) is 0 Å². The van der Waals surface area contributed by atoms with Crippen LogP contribution in [0.2, 0.25) is 0 Å². The van der Waals surface area contributed by atoms with Crippen LogP contribution in [0.1, 0.15) is 38.4 Å². The molecular weight excluding hydrogens is 280 g/mol. The molecule has 3 rings (SSSR count). The van der Waals surface area contributed by atoms with Crippen molar-refractivity contribution in [1.29, 1.82) is 0 Å². The van der Waals surface area contributed by atoms with E-state index in [9.17, 15) is 4.79 Å². The second-order valence-corrected chi connectivity index (χ2v) is 6.72. The summed E-state index contributed by atoms with van der Waals surface area (Å²) in [7, 11) is 0. The van der Waals surface area contributed by atoms with Crippen molar-refractivity contribution >= 4 is 5.91 Å². The number of ether oxygens (including phenoxy) is 1. The molecule has 1 aromatic rings. The highest BCUT2D eigenvalue weighted by Crippen LogP contribution is 2.27. The van der Waals surface area contributed by atoms with Gasteiger partial charge in [0, 0.05) is 44.5 Å². The fourth-order valence-corrected chi connectivity index (χ4v) is 3.53. The van der Waals surface area contributed by atoms with E-state index in [4.69, 9.17) is 4.74 Å². The van der Waals surface area contributed by atoms with Gasteiger partial charge < -0.3 is 14.6 Å². The van der Waals surface area contributed by atoms with Crippen LogP contribution >= 0.6 is 0 Å². The highest BCUT2D eigenvalue weighted by atomic mass is 16.5. The maximum Gasteiger partial charge on any atom is 0.242 e. The monoisotopic (exact) mass is 306 g/mol. The molecule has 2 saturated heterocycles. The zero-order valence-corrected chi connectivity index (χ0v) is 13.5. The lowest BCUT2D eigenvalue weighted by Crippen LogP contribution is -2.60. The summed E-state index contributed by atoms with van der Waals surface area (Å²) in [6.45, 7) is 8.78. The number of carbonyl (C=O) groups excluding carboxylic acids is 1. The predicted molar refractivity (Wildman–Crippen MR) is 83.6 cm³/mol. The first kappa shape index (κ1) is 15.5. The molecule has 1 amide bonds. The molecule has 1 unspecified atom stereocenters. The Labute approximate surface area is 131 Å². The molecule has 2 aliphatic rings. The Hall–Kier alpha value is -1.40. The number of morpholine rings is 1. The number of nitrogens with zero attached hydrogens (tertiary/aromatic N) is 3. The molecule has 2 aliphatic heterocycles. The molecule has 0 radical (unpaired) electrons. The van der Waals surface area contributed by atoms with Crippen LogP contribution in [0.5, 0.6) is 0 Å². The number of hydrogen-bond acceptors (Lipinski definition) is 4. The minimum absolute atomic E-state index is 0.227. The van der Waals surface area contributed by atoms with Gasteiger partial charge >= 0.3 is 0 Å². The molecule has 1 aromatic heterocycles. The zero-order valence-electron chi connectivity index (χ0n) is 13.5. The molecule has 1 atom stereocenters. The Kier molecular flexibility index (Phi) is 4.49. The Morgan fingerprint density at radius 3 is 2.82 bits per heavy atom. The summed E-state index contributed by atoms with van der Waals surface area (Å²) >= 11 is 0. The Morgan fingerprint density at radius 2 is 2.14 bits per heavy atom. The predicted octanol–water partition coefficient (Wildman–Crippen LogP) is 1.23. The van der Waals surface area contributed by atoms with E-state index in [1.54, 1.807) is 6.20 Å². The van der Waals surface area contributed by atoms with Crippen LogP contribution in [0.3, 0.4) is 0 Å². The van der Waals surface area contributed by atoms with Crippen molar-refractivity contribution in [2.24, 2.45) is 0 Å². The number of carbonyl (C=O) groups is 1. The van der Waals surface area contributed by atoms with E-state index in [-0.39, 0.29) is 5.91 Å². The van der Waals surface area contributed by atoms with Crippen molar-refractivity contribution in [3.63, 3.8) is 0 Å². The maximum atomic E-state index is 13.0. The SMILES string of the molecule is CC(C)(C(=O)N1CCCC(c2ncc[nH]2)C1)N1CCOCC1. The summed E-state index contributed by atoms with van der Waals surface area (Å²) < 4.78 is 5.41. The first-order valence-corrected chi connectivity index (χ1v) is 8.20. The van der Waals surface area contributed by atoms with Gasteiger partial charge in [-0.05, 0) is 26.7 Å². The summed E-state index contributed by atoms with van der Waals surface area (Å²) in [5, 5.41) is 0. The summed E-state index contributed by atoms with van der Waals surface area (Å²) in [6.07, 6.45) is 5.77. The van der Waals surface area contributed by atoms with Gasteiger partial charge in [-0.3, -0.25) is 9.69 Å². The first-order chi connectivity index (χ1) is 10.6. The van der Waals surface area contributed by atoms with E-state index in [0.29, 0.717) is 19.1 Å². The quantitative estimate of drug-likeness (QED) is 0.912. The smallest absolute Gasteiger partial charge is 0.242 e. The standard InChI is InChI=1S/C16H26N4O2/c1-16(2,20-8-10-22-11-9-20)15(21)19-7-3-4-13(12-19)14-17-5-6-18-14/h5-6,13H,3-4,7-12H2,1-2H3,(H,17,18). The lowest BCUT2D eigenvalue weighted by molar-refractivity contribution is -0.146. The number of piperidine rings is 1. The van der Waals surface area contributed by atoms with Gasteiger partial charge in [0.15, 0.2) is 0 Å². The molecule has 0 spiro atoms. The topological polar surface area (TPSA) is 61.5 Å². The number of rotatable bonds is 3. The van der Waals surface area contributed by atoms with Crippen LogP contribution in [0.25, 0.3) is 0 Å². The summed E-state index contributed by atoms with van der Waals surface area (Å²) in [5.74, 6) is 1.56. The first-order valence-electron chi connectivity index (χ1n) is 8.20. The van der Waals surface area contributed by atoms with E-state index >= 15 is 0 Å². The maximum absolute atomic E-state index is 13.0. The van der Waals surface area contributed by atoms with E-state index in [1.165, 1.54) is 0 Å².